The molecule has 15 heterocycles. The van der Waals surface area contributed by atoms with Gasteiger partial charge in [-0.1, -0.05) is 157 Å². The molecule has 18 aromatic rings. The van der Waals surface area contributed by atoms with Gasteiger partial charge in [0.2, 0.25) is 0 Å². The first-order valence-corrected chi connectivity index (χ1v) is 38.4. The van der Waals surface area contributed by atoms with E-state index in [2.05, 4.69) is 228 Å². The maximum Gasteiger partial charge on any atom is 3.00 e. The van der Waals surface area contributed by atoms with Crippen LogP contribution in [0.25, 0.3) is 103 Å². The molecule has 0 N–H and O–H groups in total. The molecule has 18 rings (SSSR count). The van der Waals surface area contributed by atoms with E-state index in [0.29, 0.717) is 74.5 Å². The molecule has 133 heavy (non-hydrogen) atoms. The maximum absolute atomic E-state index is 13.4. The van der Waals surface area contributed by atoms with Crippen molar-refractivity contribution in [1.29, 1.82) is 0 Å². The molecule has 0 radical (unpaired) electrons. The minimum atomic E-state index is -4.46. The second-order valence-corrected chi connectivity index (χ2v) is 30.0. The van der Waals surface area contributed by atoms with E-state index in [1.165, 1.54) is 29.1 Å². The van der Waals surface area contributed by atoms with Crippen LogP contribution in [0.2, 0.25) is 0 Å². The standard InChI is InChI=1S/C12H8F2N.2C11H6F2N.3C10H12N5.2C9H5F3N3.C7H6N5.3Ir/c1-8-4-5-15-12(6-8)10-3-2-9(13)7-11(10)14;2*12-8-4-5-9(10(13)7-8)11-3-1-2-6-14-11;3*1-10(2,3)7-4-5-11-8(6-7)9-12-14-15-13-9;2*10-9(11,12)8-5-7(14-15-8)6-3-1-2-4-13-6;1-5-2-3-8-6(4-5)7-9-11-12-10-7;;;/h2,4-7H,1H3;2*1-4,6-7H;3*4-6H,1-3H3;2*1-5H;2-4H,1H3;;;/q9*-1;3*+3. The van der Waals surface area contributed by atoms with Crippen molar-refractivity contribution in [2.45, 2.75) is 105 Å². The minimum Gasteiger partial charge on any atom is -0.573 e. The van der Waals surface area contributed by atoms with Crippen LogP contribution in [0.4, 0.5) is 52.7 Å². The molecule has 29 nitrogen and oxygen atoms in total. The van der Waals surface area contributed by atoms with E-state index in [1.807, 2.05) is 68.4 Å². The smallest absolute Gasteiger partial charge is 0.573 e. The Morgan fingerprint density at radius 1 is 0.271 bits per heavy atom. The van der Waals surface area contributed by atoms with Crippen LogP contribution < -0.4 is 30.6 Å². The van der Waals surface area contributed by atoms with Crippen LogP contribution in [-0.4, -0.2) is 117 Å². The average Bonchev–Trinajstić information content (AvgIpc) is 1.59. The Hall–Kier alpha value is -14.2. The monoisotopic (exact) mass is 2350 g/mol. The average molecular weight is 2350 g/mol. The van der Waals surface area contributed by atoms with Gasteiger partial charge in [-0.3, -0.25) is 97.5 Å². The quantitative estimate of drug-likeness (QED) is 0.0956. The van der Waals surface area contributed by atoms with E-state index in [1.54, 1.807) is 122 Å². The summed E-state index contributed by atoms with van der Waals surface area (Å²) in [6.07, 6.45) is 5.71. The first-order chi connectivity index (χ1) is 61.9. The van der Waals surface area contributed by atoms with E-state index in [9.17, 15) is 52.7 Å². The summed E-state index contributed by atoms with van der Waals surface area (Å²) in [6.45, 7) is 23.2. The molecule has 15 aromatic heterocycles. The van der Waals surface area contributed by atoms with Crippen molar-refractivity contribution in [3.63, 3.8) is 0 Å². The van der Waals surface area contributed by atoms with Crippen LogP contribution in [-0.2, 0) is 88.9 Å². The van der Waals surface area contributed by atoms with Gasteiger partial charge < -0.3 is 55.7 Å². The Bertz CT molecular complexity index is 6090. The van der Waals surface area contributed by atoms with Gasteiger partial charge in [0.05, 0.1) is 46.1 Å². The molecule has 0 amide bonds. The van der Waals surface area contributed by atoms with Crippen LogP contribution in [0.15, 0.2) is 238 Å². The molecule has 0 atom stereocenters. The summed E-state index contributed by atoms with van der Waals surface area (Å²) in [5.41, 5.74) is 9.72. The number of halogens is 12. The van der Waals surface area contributed by atoms with Crippen LogP contribution >= 0.6 is 0 Å². The summed E-state index contributed by atoms with van der Waals surface area (Å²) < 4.78 is 151. The van der Waals surface area contributed by atoms with E-state index >= 15 is 0 Å². The number of hydrogen-bond donors (Lipinski definition) is 0. The largest absolute Gasteiger partial charge is 3.00 e. The van der Waals surface area contributed by atoms with Gasteiger partial charge in [0, 0.05) is 102 Å². The first-order valence-electron chi connectivity index (χ1n) is 38.4. The second-order valence-electron chi connectivity index (χ2n) is 30.0. The molecule has 0 aliphatic carbocycles. The third-order valence-corrected chi connectivity index (χ3v) is 17.1. The summed E-state index contributed by atoms with van der Waals surface area (Å²) in [5, 5.41) is 70.4. The minimum absolute atomic E-state index is 0. The van der Waals surface area contributed by atoms with Crippen molar-refractivity contribution in [3.05, 3.63) is 330 Å². The molecule has 0 aliphatic heterocycles. The number of nitrogens with zero attached hydrogens (tertiary/aromatic N) is 29. The number of aromatic nitrogens is 29. The molecule has 0 spiro atoms. The number of alkyl halides is 6. The predicted molar refractivity (Wildman–Crippen MR) is 448 cm³/mol. The molecular formula is C89H72F12Ir3N29. The summed E-state index contributed by atoms with van der Waals surface area (Å²) in [7, 11) is 0. The van der Waals surface area contributed by atoms with E-state index in [4.69, 9.17) is 0 Å². The molecule has 684 valence electrons. The van der Waals surface area contributed by atoms with Crippen molar-refractivity contribution >= 4 is 0 Å². The van der Waals surface area contributed by atoms with Gasteiger partial charge in [-0.25, -0.2) is 0 Å². The predicted octanol–water partition coefficient (Wildman–Crippen LogP) is 16.8. The fourth-order valence-electron chi connectivity index (χ4n) is 10.5. The Balaban J connectivity index is 0.000000204. The van der Waals surface area contributed by atoms with Crippen molar-refractivity contribution in [1.82, 2.24) is 148 Å². The number of pyridine rings is 9. The van der Waals surface area contributed by atoms with Crippen molar-refractivity contribution in [3.8, 4) is 103 Å². The van der Waals surface area contributed by atoms with E-state index in [0.717, 1.165) is 59.7 Å². The molecule has 0 saturated carbocycles. The molecule has 0 unspecified atom stereocenters. The Morgan fingerprint density at radius 3 is 0.767 bits per heavy atom. The van der Waals surface area contributed by atoms with Gasteiger partial charge in [-0.2, -0.15) is 47.2 Å². The second kappa shape index (κ2) is 49.7. The van der Waals surface area contributed by atoms with Crippen LogP contribution in [0.3, 0.4) is 0 Å². The summed E-state index contributed by atoms with van der Waals surface area (Å²) in [4.78, 5) is 36.3. The number of aryl methyl sites for hydroxylation is 2. The topological polar surface area (TPSA) is 381 Å². The fourth-order valence-corrected chi connectivity index (χ4v) is 10.5. The summed E-state index contributed by atoms with van der Waals surface area (Å²) in [6, 6.07) is 54.3. The normalized spacial score (nSPS) is 10.8. The number of hydrogen-bond acceptors (Lipinski definition) is 23. The first kappa shape index (κ1) is 106. The molecule has 3 aromatic carbocycles. The molecule has 0 fully saturated rings. The third kappa shape index (κ3) is 33.0. The van der Waals surface area contributed by atoms with Crippen molar-refractivity contribution in [2.75, 3.05) is 0 Å². The zero-order valence-corrected chi connectivity index (χ0v) is 78.7. The Morgan fingerprint density at radius 2 is 0.526 bits per heavy atom. The van der Waals surface area contributed by atoms with Crippen LogP contribution in [0, 0.1) is 66.9 Å². The van der Waals surface area contributed by atoms with Crippen molar-refractivity contribution < 1.29 is 113 Å². The summed E-state index contributed by atoms with van der Waals surface area (Å²) in [5.74, 6) is -1.96. The van der Waals surface area contributed by atoms with Gasteiger partial charge in [-0.15, -0.1) is 36.4 Å². The molecule has 0 saturated heterocycles. The number of rotatable bonds is 9. The SMILES string of the molecule is CC(C)(C)c1ccnc(-c2nnn[n-]2)c1.CC(C)(C)c1ccnc(-c2nnn[n-]2)c1.CC(C)(C)c1ccnc(-c2nnn[n-]2)c1.Cc1ccnc(-c2[c-]cc(F)cc2F)c1.Cc1ccnc(-c2nnn[n-]2)c1.FC(F)(F)c1cc(-c2ccccn2)[n-]n1.FC(F)(F)c1cc(-c2ccccn2)[n-]n1.Fc1c[c-]c(-c2ccccn2)c(F)c1.Fc1c[c-]c(-c2ccccn2)c(F)c1.[Ir+3].[Ir+3].[Ir+3]. The van der Waals surface area contributed by atoms with Gasteiger partial charge >= 0.3 is 72.7 Å². The molecule has 0 bridgehead atoms. The summed E-state index contributed by atoms with van der Waals surface area (Å²) >= 11 is 0. The Labute approximate surface area is 793 Å². The number of tetrazole rings is 4. The zero-order chi connectivity index (χ0) is 93.6. The Kier molecular flexibility index (Phi) is 39.6. The van der Waals surface area contributed by atoms with Crippen LogP contribution in [0.5, 0.6) is 0 Å². The third-order valence-electron chi connectivity index (χ3n) is 17.1. The molecular weight excluding hydrogens is 2280 g/mol. The maximum atomic E-state index is 13.4. The molecule has 44 heteroatoms. The number of benzene rings is 3. The fraction of sp³-hybridized carbons (Fsp3) is 0.180. The van der Waals surface area contributed by atoms with Crippen LogP contribution in [0.1, 0.15) is 102 Å². The zero-order valence-electron chi connectivity index (χ0n) is 71.5. The van der Waals surface area contributed by atoms with Crippen molar-refractivity contribution in [2.24, 2.45) is 0 Å². The van der Waals surface area contributed by atoms with Gasteiger partial charge in [0.25, 0.3) is 0 Å². The van der Waals surface area contributed by atoms with Gasteiger partial charge in [0.1, 0.15) is 11.4 Å². The van der Waals surface area contributed by atoms with Gasteiger partial charge in [0.15, 0.2) is 0 Å². The molecule has 0 aliphatic rings. The van der Waals surface area contributed by atoms with E-state index in [-0.39, 0.29) is 105 Å². The van der Waals surface area contributed by atoms with E-state index < -0.39 is 58.6 Å². The van der Waals surface area contributed by atoms with Gasteiger partial charge in [-0.05, 0) is 173 Å².